The number of ketones is 1. The number of carbonyl (C=O) groups excluding carboxylic acids is 2. The topological polar surface area (TPSA) is 82.5 Å². The molecule has 2 aromatic rings. The second-order valence-corrected chi connectivity index (χ2v) is 6.10. The fraction of sp³-hybridized carbons (Fsp3) is 0.500. The molecule has 1 aliphatic rings. The smallest absolute Gasteiger partial charge is 0.374 e. The summed E-state index contributed by atoms with van der Waals surface area (Å²) >= 11 is 0. The zero-order valence-corrected chi connectivity index (χ0v) is 14.0. The maximum Gasteiger partial charge on any atom is 0.374 e. The zero-order chi connectivity index (χ0) is 17.1. The molecule has 0 saturated heterocycles. The lowest BCUT2D eigenvalue weighted by molar-refractivity contribution is 0.0458. The average molecular weight is 331 g/mol. The number of unbranched alkanes of at least 4 members (excludes halogenated alkanes) is 2. The summed E-state index contributed by atoms with van der Waals surface area (Å²) in [5.41, 5.74) is 1.08. The van der Waals surface area contributed by atoms with Gasteiger partial charge in [0, 0.05) is 24.3 Å². The predicted octanol–water partition coefficient (Wildman–Crippen LogP) is 3.84. The minimum atomic E-state index is -0.501. The monoisotopic (exact) mass is 331 g/mol. The highest BCUT2D eigenvalue weighted by Gasteiger charge is 2.35. The van der Waals surface area contributed by atoms with Gasteiger partial charge in [-0.05, 0) is 13.3 Å². The first-order chi connectivity index (χ1) is 11.6. The number of fused-ring (bicyclic) bond motifs is 1. The summed E-state index contributed by atoms with van der Waals surface area (Å²) in [4.78, 5) is 28.8. The van der Waals surface area contributed by atoms with E-state index in [-0.39, 0.29) is 17.5 Å². The van der Waals surface area contributed by atoms with E-state index >= 15 is 0 Å². The molecule has 0 bridgehead atoms. The summed E-state index contributed by atoms with van der Waals surface area (Å²) in [5.74, 6) is 0.472. The van der Waals surface area contributed by atoms with Crippen LogP contribution in [0.25, 0.3) is 0 Å². The lowest BCUT2D eigenvalue weighted by Gasteiger charge is -2.17. The Bertz CT molecular complexity index is 729. The van der Waals surface area contributed by atoms with Crippen LogP contribution in [0.15, 0.2) is 21.3 Å². The predicted molar refractivity (Wildman–Crippen MR) is 85.1 cm³/mol. The Morgan fingerprint density at radius 3 is 2.92 bits per heavy atom. The molecule has 6 nitrogen and oxygen atoms in total. The molecule has 1 unspecified atom stereocenters. The lowest BCUT2D eigenvalue weighted by Crippen LogP contribution is -2.18. The highest BCUT2D eigenvalue weighted by molar-refractivity contribution is 6.02. The van der Waals surface area contributed by atoms with Crippen LogP contribution in [0, 0.1) is 6.92 Å². The van der Waals surface area contributed by atoms with Gasteiger partial charge in [0.25, 0.3) is 0 Å². The second kappa shape index (κ2) is 7.03. The van der Waals surface area contributed by atoms with Crippen molar-refractivity contribution in [2.75, 3.05) is 6.61 Å². The van der Waals surface area contributed by atoms with E-state index in [1.807, 2.05) is 0 Å². The van der Waals surface area contributed by atoms with Gasteiger partial charge >= 0.3 is 5.97 Å². The van der Waals surface area contributed by atoms with E-state index in [9.17, 15) is 9.59 Å². The molecule has 0 saturated carbocycles. The molecule has 3 rings (SSSR count). The number of esters is 1. The first-order valence-electron chi connectivity index (χ1n) is 8.33. The van der Waals surface area contributed by atoms with E-state index < -0.39 is 5.97 Å². The van der Waals surface area contributed by atoms with Crippen LogP contribution in [0.2, 0.25) is 0 Å². The molecule has 0 aromatic carbocycles. The molecular formula is C18H21NO5. The van der Waals surface area contributed by atoms with Crippen molar-refractivity contribution in [1.82, 2.24) is 4.98 Å². The SMILES string of the molecule is CCCCCOC(=O)c1oc2c(c1C)C(=O)CC(c1ncco1)C2. The zero-order valence-electron chi connectivity index (χ0n) is 14.0. The quantitative estimate of drug-likeness (QED) is 0.591. The molecule has 0 radical (unpaired) electrons. The Morgan fingerprint density at radius 2 is 2.21 bits per heavy atom. The van der Waals surface area contributed by atoms with E-state index in [0.717, 1.165) is 19.3 Å². The van der Waals surface area contributed by atoms with Gasteiger partial charge < -0.3 is 13.6 Å². The number of carbonyl (C=O) groups is 2. The van der Waals surface area contributed by atoms with E-state index in [1.165, 1.54) is 6.26 Å². The van der Waals surface area contributed by atoms with Gasteiger partial charge in [0.1, 0.15) is 12.0 Å². The van der Waals surface area contributed by atoms with Crippen LogP contribution >= 0.6 is 0 Å². The third-order valence-corrected chi connectivity index (χ3v) is 4.33. The summed E-state index contributed by atoms with van der Waals surface area (Å²) < 4.78 is 16.2. The minimum absolute atomic E-state index is 0.0502. The number of nitrogens with zero attached hydrogens (tertiary/aromatic N) is 1. The van der Waals surface area contributed by atoms with Gasteiger partial charge in [-0.3, -0.25) is 4.79 Å². The number of Topliss-reactive ketones (excluding diaryl/α,β-unsaturated/α-hetero) is 1. The molecule has 0 spiro atoms. The third-order valence-electron chi connectivity index (χ3n) is 4.33. The lowest BCUT2D eigenvalue weighted by atomic mass is 9.85. The summed E-state index contributed by atoms with van der Waals surface area (Å²) in [6.45, 7) is 4.18. The molecule has 2 heterocycles. The maximum atomic E-state index is 12.5. The Morgan fingerprint density at radius 1 is 1.38 bits per heavy atom. The van der Waals surface area contributed by atoms with Crippen molar-refractivity contribution in [2.45, 2.75) is 51.9 Å². The first-order valence-corrected chi connectivity index (χ1v) is 8.33. The van der Waals surface area contributed by atoms with Gasteiger partial charge in [0.05, 0.1) is 18.4 Å². The molecule has 128 valence electrons. The number of hydrogen-bond acceptors (Lipinski definition) is 6. The van der Waals surface area contributed by atoms with E-state index in [2.05, 4.69) is 11.9 Å². The molecule has 2 aromatic heterocycles. The van der Waals surface area contributed by atoms with Gasteiger partial charge in [-0.1, -0.05) is 19.8 Å². The Kier molecular flexibility index (Phi) is 4.83. The molecule has 1 aliphatic carbocycles. The van der Waals surface area contributed by atoms with E-state index in [1.54, 1.807) is 13.1 Å². The maximum absolute atomic E-state index is 12.5. The van der Waals surface area contributed by atoms with Crippen molar-refractivity contribution in [3.05, 3.63) is 41.0 Å². The summed E-state index contributed by atoms with van der Waals surface area (Å²) in [6, 6.07) is 0. The Hall–Kier alpha value is -2.37. The number of aromatic nitrogens is 1. The van der Waals surface area contributed by atoms with Gasteiger partial charge in [-0.2, -0.15) is 0 Å². The van der Waals surface area contributed by atoms with Crippen LogP contribution in [0.3, 0.4) is 0 Å². The highest BCUT2D eigenvalue weighted by atomic mass is 16.5. The molecule has 0 aliphatic heterocycles. The molecule has 0 amide bonds. The first kappa shape index (κ1) is 16.5. The normalized spacial score (nSPS) is 16.9. The van der Waals surface area contributed by atoms with Gasteiger partial charge in [0.15, 0.2) is 11.7 Å². The van der Waals surface area contributed by atoms with Crippen LogP contribution in [0.5, 0.6) is 0 Å². The molecular weight excluding hydrogens is 310 g/mol. The number of ether oxygens (including phenoxy) is 1. The Labute approximate surface area is 140 Å². The summed E-state index contributed by atoms with van der Waals surface area (Å²) in [5, 5.41) is 0. The largest absolute Gasteiger partial charge is 0.460 e. The third kappa shape index (κ3) is 3.13. The second-order valence-electron chi connectivity index (χ2n) is 6.10. The Balaban J connectivity index is 1.77. The average Bonchev–Trinajstić information content (AvgIpc) is 3.20. The molecule has 0 N–H and O–H groups in total. The fourth-order valence-electron chi connectivity index (χ4n) is 3.09. The van der Waals surface area contributed by atoms with Crippen molar-refractivity contribution in [3.63, 3.8) is 0 Å². The summed E-state index contributed by atoms with van der Waals surface area (Å²) in [6.07, 6.45) is 6.74. The van der Waals surface area contributed by atoms with Gasteiger partial charge in [0.2, 0.25) is 5.76 Å². The van der Waals surface area contributed by atoms with Crippen LogP contribution in [0.4, 0.5) is 0 Å². The molecule has 1 atom stereocenters. The van der Waals surface area contributed by atoms with E-state index in [0.29, 0.717) is 42.2 Å². The highest BCUT2D eigenvalue weighted by Crippen LogP contribution is 2.36. The van der Waals surface area contributed by atoms with Crippen LogP contribution in [-0.2, 0) is 11.2 Å². The van der Waals surface area contributed by atoms with Crippen molar-refractivity contribution < 1.29 is 23.2 Å². The van der Waals surface area contributed by atoms with Crippen LogP contribution < -0.4 is 0 Å². The molecule has 0 fully saturated rings. The van der Waals surface area contributed by atoms with E-state index in [4.69, 9.17) is 13.6 Å². The minimum Gasteiger partial charge on any atom is -0.460 e. The van der Waals surface area contributed by atoms with Crippen LogP contribution in [0.1, 0.15) is 76.7 Å². The standard InChI is InChI=1S/C18H21NO5/c1-3-4-5-7-23-18(21)16-11(2)15-13(20)9-12(10-14(15)24-16)17-19-6-8-22-17/h6,8,12H,3-5,7,9-10H2,1-2H3. The molecule has 6 heteroatoms. The van der Waals surface area contributed by atoms with Gasteiger partial charge in [-0.25, -0.2) is 9.78 Å². The number of rotatable bonds is 6. The molecule has 24 heavy (non-hydrogen) atoms. The van der Waals surface area contributed by atoms with Crippen molar-refractivity contribution in [3.8, 4) is 0 Å². The fourth-order valence-corrected chi connectivity index (χ4v) is 3.09. The van der Waals surface area contributed by atoms with Crippen molar-refractivity contribution >= 4 is 11.8 Å². The number of furan rings is 1. The van der Waals surface area contributed by atoms with Gasteiger partial charge in [-0.15, -0.1) is 0 Å². The van der Waals surface area contributed by atoms with Crippen LogP contribution in [-0.4, -0.2) is 23.3 Å². The number of hydrogen-bond donors (Lipinski definition) is 0. The summed E-state index contributed by atoms with van der Waals surface area (Å²) in [7, 11) is 0. The number of oxazole rings is 1. The van der Waals surface area contributed by atoms with Crippen molar-refractivity contribution in [1.29, 1.82) is 0 Å². The van der Waals surface area contributed by atoms with Crippen molar-refractivity contribution in [2.24, 2.45) is 0 Å².